The van der Waals surface area contributed by atoms with Gasteiger partial charge in [0.2, 0.25) is 5.57 Å². The zero-order valence-electron chi connectivity index (χ0n) is 9.11. The van der Waals surface area contributed by atoms with Gasteiger partial charge < -0.3 is 4.89 Å². The fourth-order valence-electron chi connectivity index (χ4n) is 1.28. The Morgan fingerprint density at radius 1 is 1.31 bits per heavy atom. The molecule has 1 unspecified atom stereocenters. The van der Waals surface area contributed by atoms with Crippen LogP contribution >= 0.6 is 7.37 Å². The zero-order chi connectivity index (χ0) is 10.9. The number of hydrogen-bond acceptors (Lipinski definition) is 3. The first-order valence-corrected chi connectivity index (χ1v) is 6.45. The number of pyridine rings is 1. The van der Waals surface area contributed by atoms with Crippen molar-refractivity contribution in [1.82, 2.24) is 14.5 Å². The third kappa shape index (κ3) is 2.81. The van der Waals surface area contributed by atoms with E-state index >= 15 is 0 Å². The summed E-state index contributed by atoms with van der Waals surface area (Å²) in [6.45, 7) is 1.26. The predicted octanol–water partition coefficient (Wildman–Crippen LogP) is 0.412. The summed E-state index contributed by atoms with van der Waals surface area (Å²) in [5.41, 5.74) is 0.140. The summed E-state index contributed by atoms with van der Waals surface area (Å²) in [5, 5.41) is 0. The molecule has 2 rings (SSSR count). The van der Waals surface area contributed by atoms with Crippen LogP contribution in [0.15, 0.2) is 36.8 Å². The van der Waals surface area contributed by atoms with Crippen molar-refractivity contribution in [3.63, 3.8) is 0 Å². The molecule has 16 heavy (non-hydrogen) atoms. The van der Waals surface area contributed by atoms with Crippen molar-refractivity contribution in [2.75, 3.05) is 6.66 Å². The van der Waals surface area contributed by atoms with Crippen LogP contribution in [0.25, 0.3) is 5.82 Å². The second-order valence-electron chi connectivity index (χ2n) is 3.16. The van der Waals surface area contributed by atoms with Crippen LogP contribution in [-0.2, 0) is 4.57 Å². The molecule has 5 nitrogen and oxygen atoms in total. The van der Waals surface area contributed by atoms with Gasteiger partial charge in [-0.3, -0.25) is 9.13 Å². The largest absolute Gasteiger partial charge is 0.339 e. The summed E-state index contributed by atoms with van der Waals surface area (Å²) in [6.07, 6.45) is 4.72. The number of rotatable bonds is 2. The van der Waals surface area contributed by atoms with E-state index < -0.39 is 7.37 Å². The Morgan fingerprint density at radius 2 is 2.06 bits per heavy atom. The van der Waals surface area contributed by atoms with Crippen LogP contribution in [0.3, 0.4) is 0 Å². The smallest absolute Gasteiger partial charge is 0.261 e. The Bertz CT molecular complexity index is 508. The van der Waals surface area contributed by atoms with E-state index in [1.54, 1.807) is 24.5 Å². The Morgan fingerprint density at radius 3 is 2.62 bits per heavy atom. The number of nitrogens with zero attached hydrogens (tertiary/aromatic N) is 3. The molecule has 0 amide bonds. The molecule has 0 bridgehead atoms. The molecule has 0 saturated heterocycles. The molecule has 0 spiro atoms. The first kappa shape index (κ1) is 13.6. The van der Waals surface area contributed by atoms with Gasteiger partial charge in [-0.05, 0) is 12.1 Å². The number of hydrogen-bond donors (Lipinski definition) is 1. The Hall–Kier alpha value is -0.450. The Kier molecular flexibility index (Phi) is 4.47. The zero-order valence-corrected chi connectivity index (χ0v) is 12.0. The Labute approximate surface area is 115 Å². The molecule has 0 saturated carbocycles. The van der Waals surface area contributed by atoms with Crippen LogP contribution in [0.5, 0.6) is 0 Å². The first-order chi connectivity index (χ1) is 7.09. The number of imidazole rings is 1. The van der Waals surface area contributed by atoms with Crippen LogP contribution in [0.4, 0.5) is 0 Å². The summed E-state index contributed by atoms with van der Waals surface area (Å²) in [7, 11) is -3.36. The van der Waals surface area contributed by atoms with Crippen molar-refractivity contribution in [1.29, 1.82) is 0 Å². The molecule has 2 aromatic rings. The van der Waals surface area contributed by atoms with Gasteiger partial charge in [0.05, 0.1) is 0 Å². The molecule has 1 N–H and O–H groups in total. The van der Waals surface area contributed by atoms with Gasteiger partial charge >= 0.3 is 0 Å². The molecular weight excluding hydrogens is 236 g/mol. The van der Waals surface area contributed by atoms with E-state index in [9.17, 15) is 9.46 Å². The molecule has 1 radical (unpaired) electrons. The van der Waals surface area contributed by atoms with E-state index in [0.717, 1.165) is 0 Å². The van der Waals surface area contributed by atoms with Crippen molar-refractivity contribution in [2.45, 2.75) is 0 Å². The maximum absolute atomic E-state index is 11.5. The maximum atomic E-state index is 11.5. The monoisotopic (exact) mass is 246 g/mol. The molecule has 0 aliphatic heterocycles. The second-order valence-corrected chi connectivity index (χ2v) is 5.32. The standard InChI is InChI=1S/C9H10N3O2P.Na/c1-15(13,14)9-11-6-7-12(9)8-4-2-3-5-10-8;/h2-7H,1H3,(H,13,14);. The molecular formula is C9H10N3NaO2P. The number of aromatic nitrogens is 3. The van der Waals surface area contributed by atoms with Gasteiger partial charge in [-0.15, -0.1) is 0 Å². The average Bonchev–Trinajstić information content (AvgIpc) is 2.67. The van der Waals surface area contributed by atoms with Gasteiger partial charge in [0, 0.05) is 54.8 Å². The molecule has 2 heterocycles. The van der Waals surface area contributed by atoms with Crippen LogP contribution in [0.1, 0.15) is 0 Å². The van der Waals surface area contributed by atoms with Gasteiger partial charge in [-0.1, -0.05) is 6.07 Å². The van der Waals surface area contributed by atoms with Crippen molar-refractivity contribution in [3.05, 3.63) is 36.8 Å². The normalized spacial score (nSPS) is 13.9. The van der Waals surface area contributed by atoms with Gasteiger partial charge in [-0.25, -0.2) is 9.97 Å². The van der Waals surface area contributed by atoms with Crippen LogP contribution in [-0.4, -0.2) is 55.7 Å². The predicted molar refractivity (Wildman–Crippen MR) is 62.5 cm³/mol. The minimum atomic E-state index is -3.36. The minimum Gasteiger partial charge on any atom is -0.339 e. The van der Waals surface area contributed by atoms with E-state index in [2.05, 4.69) is 9.97 Å². The fourth-order valence-corrected chi connectivity index (χ4v) is 2.13. The minimum absolute atomic E-state index is 0. The summed E-state index contributed by atoms with van der Waals surface area (Å²) in [6, 6.07) is 5.34. The molecule has 79 valence electrons. The van der Waals surface area contributed by atoms with E-state index in [1.807, 2.05) is 6.07 Å². The Balaban J connectivity index is 0.00000128. The van der Waals surface area contributed by atoms with Crippen LogP contribution in [0.2, 0.25) is 0 Å². The quantitative estimate of drug-likeness (QED) is 0.615. The molecule has 0 aromatic carbocycles. The van der Waals surface area contributed by atoms with E-state index in [-0.39, 0.29) is 35.1 Å². The summed E-state index contributed by atoms with van der Waals surface area (Å²) in [4.78, 5) is 17.4. The fraction of sp³-hybridized carbons (Fsp3) is 0.111. The summed E-state index contributed by atoms with van der Waals surface area (Å²) < 4.78 is 13.0. The average molecular weight is 246 g/mol. The van der Waals surface area contributed by atoms with E-state index in [0.29, 0.717) is 5.82 Å². The maximum Gasteiger partial charge on any atom is 0.261 e. The van der Waals surface area contributed by atoms with Crippen molar-refractivity contribution >= 4 is 42.5 Å². The first-order valence-electron chi connectivity index (χ1n) is 4.34. The molecule has 0 fully saturated rings. The molecule has 0 aliphatic carbocycles. The van der Waals surface area contributed by atoms with E-state index in [1.165, 1.54) is 17.4 Å². The summed E-state index contributed by atoms with van der Waals surface area (Å²) in [5.74, 6) is 0.584. The third-order valence-corrected chi connectivity index (χ3v) is 2.96. The van der Waals surface area contributed by atoms with Gasteiger partial charge in [0.1, 0.15) is 5.82 Å². The van der Waals surface area contributed by atoms with Crippen molar-refractivity contribution in [2.24, 2.45) is 0 Å². The van der Waals surface area contributed by atoms with E-state index in [4.69, 9.17) is 0 Å². The molecule has 7 heteroatoms. The van der Waals surface area contributed by atoms with Crippen molar-refractivity contribution < 1.29 is 9.46 Å². The SMILES string of the molecule is CP(=O)(O)c1nccn1-c1ccccn1.[Na]. The van der Waals surface area contributed by atoms with Gasteiger partial charge in [-0.2, -0.15) is 0 Å². The molecule has 1 atom stereocenters. The molecule has 2 aromatic heterocycles. The van der Waals surface area contributed by atoms with Gasteiger partial charge in [0.15, 0.2) is 0 Å². The topological polar surface area (TPSA) is 68.0 Å². The van der Waals surface area contributed by atoms with Crippen LogP contribution < -0.4 is 5.57 Å². The van der Waals surface area contributed by atoms with Gasteiger partial charge in [0.25, 0.3) is 7.37 Å². The van der Waals surface area contributed by atoms with Crippen molar-refractivity contribution in [3.8, 4) is 5.82 Å². The summed E-state index contributed by atoms with van der Waals surface area (Å²) >= 11 is 0. The molecule has 0 aliphatic rings. The third-order valence-electron chi connectivity index (χ3n) is 1.89. The van der Waals surface area contributed by atoms with Crippen LogP contribution in [0, 0.1) is 0 Å². The second kappa shape index (κ2) is 5.25.